The first-order chi connectivity index (χ1) is 7.36. The van der Waals surface area contributed by atoms with E-state index < -0.39 is 0 Å². The van der Waals surface area contributed by atoms with Crippen molar-refractivity contribution >= 4 is 11.8 Å². The molecule has 0 aromatic carbocycles. The molecule has 1 rings (SSSR count). The molecule has 82 valence electrons. The van der Waals surface area contributed by atoms with Crippen molar-refractivity contribution in [1.82, 2.24) is 4.98 Å². The van der Waals surface area contributed by atoms with E-state index in [1.807, 2.05) is 12.3 Å². The van der Waals surface area contributed by atoms with Crippen LogP contribution in [0, 0.1) is 10.7 Å². The lowest BCUT2D eigenvalue weighted by molar-refractivity contribution is 0.249. The minimum Gasteiger partial charge on any atom is -0.464 e. The van der Waals surface area contributed by atoms with Gasteiger partial charge in [-0.05, 0) is 31.5 Å². The third-order valence-corrected chi connectivity index (χ3v) is 2.39. The highest BCUT2D eigenvalue weighted by Crippen LogP contribution is 2.14. The number of hydrogen-bond donors (Lipinski definition) is 0. The smallest absolute Gasteiger partial charge is 0.305 e. The maximum absolute atomic E-state index is 8.31. The Morgan fingerprint density at radius 2 is 2.47 bits per heavy atom. The highest BCUT2D eigenvalue weighted by atomic mass is 32.2. The Hall–Kier alpha value is -1.15. The number of nitriles is 1. The molecule has 1 aromatic rings. The third kappa shape index (κ3) is 4.75. The summed E-state index contributed by atoms with van der Waals surface area (Å²) in [6.07, 6.45) is 4.40. The van der Waals surface area contributed by atoms with Crippen LogP contribution in [0.5, 0.6) is 5.95 Å². The molecule has 0 saturated heterocycles. The molecule has 0 spiro atoms. The van der Waals surface area contributed by atoms with Crippen molar-refractivity contribution in [2.45, 2.75) is 26.2 Å². The summed E-state index contributed by atoms with van der Waals surface area (Å²) < 4.78 is 10.5. The Bertz CT molecular complexity index is 319. The Morgan fingerprint density at radius 3 is 3.20 bits per heavy atom. The molecular weight excluding hydrogens is 212 g/mol. The largest absolute Gasteiger partial charge is 0.464 e. The summed E-state index contributed by atoms with van der Waals surface area (Å²) in [6.45, 7) is 2.49. The Morgan fingerprint density at radius 1 is 1.60 bits per heavy atom. The molecule has 5 heteroatoms. The van der Waals surface area contributed by atoms with Gasteiger partial charge in [0.15, 0.2) is 5.89 Å². The summed E-state index contributed by atoms with van der Waals surface area (Å²) in [6, 6.07) is 0. The zero-order chi connectivity index (χ0) is 10.9. The number of rotatable bonds is 7. The number of nitrogens with zero attached hydrogens (tertiary/aromatic N) is 2. The van der Waals surface area contributed by atoms with Gasteiger partial charge in [-0.25, -0.2) is 4.98 Å². The lowest BCUT2D eigenvalue weighted by Gasteiger charge is -1.96. The van der Waals surface area contributed by atoms with E-state index in [2.05, 4.69) is 4.98 Å². The molecule has 15 heavy (non-hydrogen) atoms. The normalized spacial score (nSPS) is 9.87. The van der Waals surface area contributed by atoms with Crippen molar-refractivity contribution < 1.29 is 9.15 Å². The number of hydrogen-bond acceptors (Lipinski definition) is 5. The van der Waals surface area contributed by atoms with Gasteiger partial charge in [-0.3, -0.25) is 0 Å². The lowest BCUT2D eigenvalue weighted by atomic mass is 10.2. The molecule has 0 atom stereocenters. The van der Waals surface area contributed by atoms with Crippen molar-refractivity contribution in [2.24, 2.45) is 0 Å². The summed E-state index contributed by atoms with van der Waals surface area (Å²) >= 11 is 1.29. The summed E-state index contributed by atoms with van der Waals surface area (Å²) in [5.74, 6) is 2.06. The summed E-state index contributed by atoms with van der Waals surface area (Å²) in [7, 11) is 0. The first kappa shape index (κ1) is 11.9. The average molecular weight is 226 g/mol. The number of aryl methyl sites for hydroxylation is 1. The topological polar surface area (TPSA) is 59.0 Å². The van der Waals surface area contributed by atoms with E-state index >= 15 is 0 Å². The number of unbranched alkanes of at least 4 members (excludes halogenated alkanes) is 1. The highest BCUT2D eigenvalue weighted by molar-refractivity contribution is 8.03. The lowest BCUT2D eigenvalue weighted by Crippen LogP contribution is -1.88. The summed E-state index contributed by atoms with van der Waals surface area (Å²) in [5, 5.41) is 10.4. The molecule has 1 aromatic heterocycles. The standard InChI is InChI=1S/C10H14N2O2S/c1-2-13-10-7-12-9(14-10)5-3-4-6-15-8-11/h7H,2-6H2,1H3. The summed E-state index contributed by atoms with van der Waals surface area (Å²) in [4.78, 5) is 4.09. The second-order valence-corrected chi connectivity index (χ2v) is 3.78. The molecular formula is C10H14N2O2S. The first-order valence-electron chi connectivity index (χ1n) is 4.95. The first-order valence-corrected chi connectivity index (χ1v) is 5.93. The van der Waals surface area contributed by atoms with Crippen LogP contribution in [0.1, 0.15) is 25.7 Å². The number of aromatic nitrogens is 1. The van der Waals surface area contributed by atoms with Gasteiger partial charge in [0.1, 0.15) is 11.6 Å². The third-order valence-electron chi connectivity index (χ3n) is 1.77. The zero-order valence-electron chi connectivity index (χ0n) is 8.73. The van der Waals surface area contributed by atoms with Crippen LogP contribution < -0.4 is 4.74 Å². The fourth-order valence-corrected chi connectivity index (χ4v) is 1.55. The maximum atomic E-state index is 8.31. The number of ether oxygens (including phenoxy) is 1. The van der Waals surface area contributed by atoms with Crippen LogP contribution in [0.2, 0.25) is 0 Å². The Kier molecular flexibility index (Phi) is 5.71. The van der Waals surface area contributed by atoms with Gasteiger partial charge >= 0.3 is 5.95 Å². The van der Waals surface area contributed by atoms with E-state index in [9.17, 15) is 0 Å². The van der Waals surface area contributed by atoms with E-state index in [0.717, 1.165) is 25.0 Å². The molecule has 0 aliphatic carbocycles. The molecule has 0 amide bonds. The number of oxazole rings is 1. The fraction of sp³-hybridized carbons (Fsp3) is 0.600. The molecule has 0 unspecified atom stereocenters. The Labute approximate surface area is 93.6 Å². The van der Waals surface area contributed by atoms with Gasteiger partial charge < -0.3 is 9.15 Å². The number of thiocyanates is 1. The second-order valence-electron chi connectivity index (χ2n) is 2.90. The van der Waals surface area contributed by atoms with Gasteiger partial charge in [0.2, 0.25) is 0 Å². The van der Waals surface area contributed by atoms with Crippen LogP contribution in [-0.2, 0) is 6.42 Å². The van der Waals surface area contributed by atoms with E-state index in [0.29, 0.717) is 18.4 Å². The van der Waals surface area contributed by atoms with Crippen LogP contribution in [0.25, 0.3) is 0 Å². The van der Waals surface area contributed by atoms with Crippen molar-refractivity contribution in [2.75, 3.05) is 12.4 Å². The predicted molar refractivity (Wildman–Crippen MR) is 58.7 cm³/mol. The summed E-state index contributed by atoms with van der Waals surface area (Å²) in [5.41, 5.74) is 0. The van der Waals surface area contributed by atoms with E-state index in [1.54, 1.807) is 6.20 Å². The van der Waals surface area contributed by atoms with Crippen LogP contribution in [0.4, 0.5) is 0 Å². The predicted octanol–water partition coefficient (Wildman–Crippen LogP) is 2.61. The van der Waals surface area contributed by atoms with Gasteiger partial charge in [0.05, 0.1) is 6.61 Å². The fourth-order valence-electron chi connectivity index (χ4n) is 1.11. The average Bonchev–Trinajstić information content (AvgIpc) is 2.66. The minimum atomic E-state index is 0.485. The van der Waals surface area contributed by atoms with Crippen LogP contribution in [0.15, 0.2) is 10.6 Å². The zero-order valence-corrected chi connectivity index (χ0v) is 9.55. The quantitative estimate of drug-likeness (QED) is 0.528. The molecule has 1 heterocycles. The monoisotopic (exact) mass is 226 g/mol. The second kappa shape index (κ2) is 7.18. The molecule has 0 bridgehead atoms. The van der Waals surface area contributed by atoms with E-state index in [1.165, 1.54) is 11.8 Å². The molecule has 0 N–H and O–H groups in total. The molecule has 4 nitrogen and oxygen atoms in total. The number of thioether (sulfide) groups is 1. The van der Waals surface area contributed by atoms with E-state index in [4.69, 9.17) is 14.4 Å². The SMILES string of the molecule is CCOc1cnc(CCCCSC#N)o1. The van der Waals surface area contributed by atoms with Gasteiger partial charge in [-0.1, -0.05) is 0 Å². The molecule has 0 fully saturated rings. The van der Waals surface area contributed by atoms with Crippen molar-refractivity contribution in [3.05, 3.63) is 12.1 Å². The Balaban J connectivity index is 2.17. The highest BCUT2D eigenvalue weighted by Gasteiger charge is 2.03. The molecule has 0 saturated carbocycles. The van der Waals surface area contributed by atoms with Crippen molar-refractivity contribution in [3.63, 3.8) is 0 Å². The maximum Gasteiger partial charge on any atom is 0.305 e. The van der Waals surface area contributed by atoms with Crippen LogP contribution >= 0.6 is 11.8 Å². The van der Waals surface area contributed by atoms with Crippen molar-refractivity contribution in [1.29, 1.82) is 5.26 Å². The van der Waals surface area contributed by atoms with Crippen molar-refractivity contribution in [3.8, 4) is 11.3 Å². The van der Waals surface area contributed by atoms with Gasteiger partial charge in [-0.2, -0.15) is 5.26 Å². The van der Waals surface area contributed by atoms with Crippen LogP contribution in [0.3, 0.4) is 0 Å². The van der Waals surface area contributed by atoms with Gasteiger partial charge in [0, 0.05) is 12.2 Å². The molecule has 0 aliphatic heterocycles. The molecule has 0 radical (unpaired) electrons. The molecule has 0 aliphatic rings. The van der Waals surface area contributed by atoms with Gasteiger partial charge in [0.25, 0.3) is 0 Å². The van der Waals surface area contributed by atoms with E-state index in [-0.39, 0.29) is 0 Å². The van der Waals surface area contributed by atoms with Gasteiger partial charge in [-0.15, -0.1) is 0 Å². The minimum absolute atomic E-state index is 0.485. The van der Waals surface area contributed by atoms with Crippen LogP contribution in [-0.4, -0.2) is 17.3 Å².